The lowest BCUT2D eigenvalue weighted by molar-refractivity contribution is -0.134. The zero-order valence-corrected chi connectivity index (χ0v) is 10.7. The zero-order chi connectivity index (χ0) is 12.0. The van der Waals surface area contributed by atoms with E-state index in [0.29, 0.717) is 6.04 Å². The van der Waals surface area contributed by atoms with Gasteiger partial charge in [-0.2, -0.15) is 0 Å². The molecule has 1 atom stereocenters. The number of hydrogen-bond donors (Lipinski definition) is 1. The predicted molar refractivity (Wildman–Crippen MR) is 67.1 cm³/mol. The summed E-state index contributed by atoms with van der Waals surface area (Å²) in [7, 11) is 0. The second kappa shape index (κ2) is 6.89. The monoisotopic (exact) mass is 226 g/mol. The standard InChI is InChI=1S/C13H26N2O/c1-3-5-10-12(14)13(16)15(4-2)11-8-6-7-9-11/h11-12H,3-10,14H2,1-2H3/t12-/m0/s1. The number of rotatable bonds is 6. The average molecular weight is 226 g/mol. The van der Waals surface area contributed by atoms with Gasteiger partial charge in [-0.05, 0) is 26.2 Å². The second-order valence-electron chi connectivity index (χ2n) is 4.81. The van der Waals surface area contributed by atoms with E-state index < -0.39 is 0 Å². The van der Waals surface area contributed by atoms with Crippen molar-refractivity contribution >= 4 is 5.91 Å². The first-order valence-electron chi connectivity index (χ1n) is 6.76. The van der Waals surface area contributed by atoms with Crippen molar-refractivity contribution in [3.63, 3.8) is 0 Å². The van der Waals surface area contributed by atoms with Crippen molar-refractivity contribution in [2.45, 2.75) is 70.9 Å². The SMILES string of the molecule is CCCC[C@H](N)C(=O)N(CC)C1CCCC1. The van der Waals surface area contributed by atoms with Crippen LogP contribution in [0.3, 0.4) is 0 Å². The summed E-state index contributed by atoms with van der Waals surface area (Å²) in [6.45, 7) is 5.00. The van der Waals surface area contributed by atoms with Crippen LogP contribution < -0.4 is 5.73 Å². The molecule has 1 amide bonds. The van der Waals surface area contributed by atoms with E-state index in [1.54, 1.807) is 0 Å². The lowest BCUT2D eigenvalue weighted by Crippen LogP contribution is -2.47. The third-order valence-electron chi connectivity index (χ3n) is 3.58. The molecule has 0 aromatic rings. The molecule has 0 aromatic heterocycles. The highest BCUT2D eigenvalue weighted by Gasteiger charge is 2.28. The van der Waals surface area contributed by atoms with Gasteiger partial charge in [-0.1, -0.05) is 32.6 Å². The predicted octanol–water partition coefficient (Wildman–Crippen LogP) is 2.29. The van der Waals surface area contributed by atoms with Crippen LogP contribution in [0, 0.1) is 0 Å². The highest BCUT2D eigenvalue weighted by Crippen LogP contribution is 2.24. The van der Waals surface area contributed by atoms with Crippen LogP contribution in [0.25, 0.3) is 0 Å². The van der Waals surface area contributed by atoms with Crippen molar-refractivity contribution in [1.82, 2.24) is 4.90 Å². The summed E-state index contributed by atoms with van der Waals surface area (Å²) < 4.78 is 0. The minimum absolute atomic E-state index is 0.169. The molecule has 1 saturated carbocycles. The molecule has 0 aromatic carbocycles. The number of carbonyl (C=O) groups excluding carboxylic acids is 1. The summed E-state index contributed by atoms with van der Waals surface area (Å²) >= 11 is 0. The van der Waals surface area contributed by atoms with E-state index in [0.717, 1.165) is 25.8 Å². The highest BCUT2D eigenvalue weighted by atomic mass is 16.2. The summed E-state index contributed by atoms with van der Waals surface area (Å²) in [4.78, 5) is 14.2. The maximum Gasteiger partial charge on any atom is 0.239 e. The molecule has 1 aliphatic rings. The number of nitrogens with two attached hydrogens (primary N) is 1. The molecule has 1 aliphatic carbocycles. The Morgan fingerprint density at radius 2 is 2.00 bits per heavy atom. The highest BCUT2D eigenvalue weighted by molar-refractivity contribution is 5.81. The fraction of sp³-hybridized carbons (Fsp3) is 0.923. The maximum absolute atomic E-state index is 12.2. The Kier molecular flexibility index (Phi) is 5.81. The third kappa shape index (κ3) is 3.48. The van der Waals surface area contributed by atoms with Crippen molar-refractivity contribution in [2.24, 2.45) is 5.73 Å². The fourth-order valence-corrected chi connectivity index (χ4v) is 2.57. The van der Waals surface area contributed by atoms with Gasteiger partial charge in [-0.3, -0.25) is 4.79 Å². The molecule has 1 fully saturated rings. The second-order valence-corrected chi connectivity index (χ2v) is 4.81. The minimum atomic E-state index is -0.277. The molecule has 16 heavy (non-hydrogen) atoms. The average Bonchev–Trinajstić information content (AvgIpc) is 2.80. The van der Waals surface area contributed by atoms with E-state index >= 15 is 0 Å². The number of carbonyl (C=O) groups is 1. The molecule has 0 bridgehead atoms. The van der Waals surface area contributed by atoms with Gasteiger partial charge in [-0.15, -0.1) is 0 Å². The molecule has 0 saturated heterocycles. The van der Waals surface area contributed by atoms with E-state index in [1.165, 1.54) is 25.7 Å². The lowest BCUT2D eigenvalue weighted by Gasteiger charge is -2.30. The third-order valence-corrected chi connectivity index (χ3v) is 3.58. The summed E-state index contributed by atoms with van der Waals surface area (Å²) in [5.41, 5.74) is 5.96. The summed E-state index contributed by atoms with van der Waals surface area (Å²) in [5, 5.41) is 0. The number of amides is 1. The normalized spacial score (nSPS) is 18.7. The minimum Gasteiger partial charge on any atom is -0.339 e. The van der Waals surface area contributed by atoms with Crippen molar-refractivity contribution in [1.29, 1.82) is 0 Å². The van der Waals surface area contributed by atoms with Gasteiger partial charge < -0.3 is 10.6 Å². The van der Waals surface area contributed by atoms with Crippen molar-refractivity contribution < 1.29 is 4.79 Å². The van der Waals surface area contributed by atoms with Crippen LogP contribution in [0.4, 0.5) is 0 Å². The Balaban J connectivity index is 2.47. The number of likely N-dealkylation sites (N-methyl/N-ethyl adjacent to an activating group) is 1. The fourth-order valence-electron chi connectivity index (χ4n) is 2.57. The molecule has 1 rings (SSSR count). The van der Waals surface area contributed by atoms with E-state index in [9.17, 15) is 4.79 Å². The molecular weight excluding hydrogens is 200 g/mol. The summed E-state index contributed by atoms with van der Waals surface area (Å²) in [5.74, 6) is 0.169. The smallest absolute Gasteiger partial charge is 0.239 e. The van der Waals surface area contributed by atoms with E-state index in [-0.39, 0.29) is 11.9 Å². The number of hydrogen-bond acceptors (Lipinski definition) is 2. The first-order chi connectivity index (χ1) is 7.70. The zero-order valence-electron chi connectivity index (χ0n) is 10.7. The summed E-state index contributed by atoms with van der Waals surface area (Å²) in [6, 6.07) is 0.186. The molecule has 0 aliphatic heterocycles. The van der Waals surface area contributed by atoms with Gasteiger partial charge >= 0.3 is 0 Å². The Morgan fingerprint density at radius 3 is 2.50 bits per heavy atom. The molecular formula is C13H26N2O. The molecule has 2 N–H and O–H groups in total. The Labute approximate surface area is 99.4 Å². The van der Waals surface area contributed by atoms with Gasteiger partial charge in [0.05, 0.1) is 6.04 Å². The Bertz CT molecular complexity index is 212. The maximum atomic E-state index is 12.2. The van der Waals surface area contributed by atoms with E-state index in [4.69, 9.17) is 5.73 Å². The van der Waals surface area contributed by atoms with Crippen LogP contribution in [0.2, 0.25) is 0 Å². The van der Waals surface area contributed by atoms with Crippen LogP contribution in [-0.2, 0) is 4.79 Å². The van der Waals surface area contributed by atoms with E-state index in [1.807, 2.05) is 4.90 Å². The topological polar surface area (TPSA) is 46.3 Å². The Morgan fingerprint density at radius 1 is 1.38 bits per heavy atom. The van der Waals surface area contributed by atoms with Crippen LogP contribution in [-0.4, -0.2) is 29.4 Å². The van der Waals surface area contributed by atoms with Gasteiger partial charge in [0.1, 0.15) is 0 Å². The largest absolute Gasteiger partial charge is 0.339 e. The van der Waals surface area contributed by atoms with Gasteiger partial charge in [-0.25, -0.2) is 0 Å². The number of nitrogens with zero attached hydrogens (tertiary/aromatic N) is 1. The van der Waals surface area contributed by atoms with Crippen LogP contribution in [0.5, 0.6) is 0 Å². The van der Waals surface area contributed by atoms with Crippen LogP contribution >= 0.6 is 0 Å². The molecule has 0 radical (unpaired) electrons. The van der Waals surface area contributed by atoms with Gasteiger partial charge in [0.25, 0.3) is 0 Å². The van der Waals surface area contributed by atoms with Crippen molar-refractivity contribution in [3.8, 4) is 0 Å². The molecule has 0 unspecified atom stereocenters. The quantitative estimate of drug-likeness (QED) is 0.755. The van der Waals surface area contributed by atoms with Gasteiger partial charge in [0, 0.05) is 12.6 Å². The van der Waals surface area contributed by atoms with Gasteiger partial charge in [0.15, 0.2) is 0 Å². The van der Waals surface area contributed by atoms with Gasteiger partial charge in [0.2, 0.25) is 5.91 Å². The number of unbranched alkanes of at least 4 members (excludes halogenated alkanes) is 1. The first kappa shape index (κ1) is 13.5. The molecule has 0 heterocycles. The summed E-state index contributed by atoms with van der Waals surface area (Å²) in [6.07, 6.45) is 7.85. The van der Waals surface area contributed by atoms with Crippen molar-refractivity contribution in [2.75, 3.05) is 6.54 Å². The molecule has 94 valence electrons. The van der Waals surface area contributed by atoms with Crippen LogP contribution in [0.1, 0.15) is 58.8 Å². The Hall–Kier alpha value is -0.570. The lowest BCUT2D eigenvalue weighted by atomic mass is 10.1. The van der Waals surface area contributed by atoms with Crippen LogP contribution in [0.15, 0.2) is 0 Å². The van der Waals surface area contributed by atoms with Crippen molar-refractivity contribution in [3.05, 3.63) is 0 Å². The first-order valence-corrected chi connectivity index (χ1v) is 6.76. The molecule has 0 spiro atoms. The molecule has 3 nitrogen and oxygen atoms in total. The molecule has 3 heteroatoms. The van der Waals surface area contributed by atoms with E-state index in [2.05, 4.69) is 13.8 Å².